The minimum Gasteiger partial charge on any atom is -0.505 e. The summed E-state index contributed by atoms with van der Waals surface area (Å²) < 4.78 is 6.13. The van der Waals surface area contributed by atoms with Crippen LogP contribution in [0.2, 0.25) is 0 Å². The number of rotatable bonds is 1. The molecule has 2 heterocycles. The van der Waals surface area contributed by atoms with Crippen molar-refractivity contribution in [3.05, 3.63) is 27.8 Å². The smallest absolute Gasteiger partial charge is 0.281 e. The summed E-state index contributed by atoms with van der Waals surface area (Å²) in [6.45, 7) is 3.35. The maximum absolute atomic E-state index is 11.8. The van der Waals surface area contributed by atoms with Gasteiger partial charge in [-0.1, -0.05) is 5.16 Å². The fourth-order valence-electron chi connectivity index (χ4n) is 1.47. The van der Waals surface area contributed by atoms with Crippen molar-refractivity contribution in [1.29, 1.82) is 0 Å². The van der Waals surface area contributed by atoms with Crippen molar-refractivity contribution in [1.82, 2.24) is 14.9 Å². The Morgan fingerprint density at radius 3 is 2.69 bits per heavy atom. The second-order valence-electron chi connectivity index (χ2n) is 3.57. The van der Waals surface area contributed by atoms with Gasteiger partial charge in [-0.2, -0.15) is 5.10 Å². The van der Waals surface area contributed by atoms with Gasteiger partial charge in [0.05, 0.1) is 5.69 Å². The standard InChI is InChI=1S/C10H11N3O3/c1-5-4-7(16-12-5)8-9(14)6(2)11-13(3)10(8)15/h4,14H,1-3H3. The van der Waals surface area contributed by atoms with Gasteiger partial charge >= 0.3 is 0 Å². The first-order valence-electron chi connectivity index (χ1n) is 4.71. The molecule has 0 aliphatic rings. The minimum atomic E-state index is -0.417. The van der Waals surface area contributed by atoms with Crippen LogP contribution in [0, 0.1) is 13.8 Å². The zero-order valence-electron chi connectivity index (χ0n) is 9.18. The van der Waals surface area contributed by atoms with E-state index in [0.717, 1.165) is 4.68 Å². The monoisotopic (exact) mass is 221 g/mol. The molecule has 2 aromatic rings. The molecule has 6 heteroatoms. The second-order valence-corrected chi connectivity index (χ2v) is 3.57. The highest BCUT2D eigenvalue weighted by atomic mass is 16.5. The van der Waals surface area contributed by atoms with Gasteiger partial charge < -0.3 is 9.63 Å². The van der Waals surface area contributed by atoms with E-state index in [1.165, 1.54) is 7.05 Å². The Hall–Kier alpha value is -2.11. The highest BCUT2D eigenvalue weighted by molar-refractivity contribution is 5.64. The molecule has 0 aliphatic heterocycles. The highest BCUT2D eigenvalue weighted by Crippen LogP contribution is 2.27. The topological polar surface area (TPSA) is 81.2 Å². The Morgan fingerprint density at radius 1 is 1.44 bits per heavy atom. The molecular formula is C10H11N3O3. The van der Waals surface area contributed by atoms with Crippen molar-refractivity contribution in [2.24, 2.45) is 7.05 Å². The SMILES string of the molecule is Cc1cc(-c2c(O)c(C)nn(C)c2=O)on1. The summed E-state index contributed by atoms with van der Waals surface area (Å²) in [6, 6.07) is 1.59. The van der Waals surface area contributed by atoms with Crippen molar-refractivity contribution < 1.29 is 9.63 Å². The lowest BCUT2D eigenvalue weighted by Gasteiger charge is -2.05. The van der Waals surface area contributed by atoms with Crippen LogP contribution in [0.5, 0.6) is 5.75 Å². The number of aromatic nitrogens is 3. The first kappa shape index (κ1) is 10.4. The molecule has 0 spiro atoms. The van der Waals surface area contributed by atoms with Gasteiger partial charge in [0.15, 0.2) is 11.5 Å². The van der Waals surface area contributed by atoms with Crippen LogP contribution in [0.15, 0.2) is 15.4 Å². The van der Waals surface area contributed by atoms with Gasteiger partial charge in [0, 0.05) is 13.1 Å². The van der Waals surface area contributed by atoms with Gasteiger partial charge in [-0.15, -0.1) is 0 Å². The van der Waals surface area contributed by atoms with E-state index in [2.05, 4.69) is 10.3 Å². The molecular weight excluding hydrogens is 210 g/mol. The fraction of sp³-hybridized carbons (Fsp3) is 0.300. The summed E-state index contributed by atoms with van der Waals surface area (Å²) >= 11 is 0. The molecule has 16 heavy (non-hydrogen) atoms. The molecule has 0 saturated carbocycles. The van der Waals surface area contributed by atoms with Crippen LogP contribution in [-0.2, 0) is 7.05 Å². The van der Waals surface area contributed by atoms with Gasteiger partial charge in [0.2, 0.25) is 0 Å². The van der Waals surface area contributed by atoms with Crippen molar-refractivity contribution in [2.75, 3.05) is 0 Å². The number of hydrogen-bond acceptors (Lipinski definition) is 5. The van der Waals surface area contributed by atoms with Crippen LogP contribution < -0.4 is 5.56 Å². The lowest BCUT2D eigenvalue weighted by atomic mass is 10.2. The quantitative estimate of drug-likeness (QED) is 0.768. The predicted molar refractivity (Wildman–Crippen MR) is 56.1 cm³/mol. The van der Waals surface area contributed by atoms with Crippen LogP contribution in [0.1, 0.15) is 11.4 Å². The molecule has 0 bridgehead atoms. The minimum absolute atomic E-state index is 0.0931. The van der Waals surface area contributed by atoms with Gasteiger partial charge in [0.25, 0.3) is 5.56 Å². The zero-order valence-corrected chi connectivity index (χ0v) is 9.18. The maximum atomic E-state index is 11.8. The molecule has 0 fully saturated rings. The summed E-state index contributed by atoms with van der Waals surface area (Å²) in [5, 5.41) is 17.3. The van der Waals surface area contributed by atoms with Gasteiger partial charge in [-0.3, -0.25) is 4.79 Å². The third kappa shape index (κ3) is 1.48. The van der Waals surface area contributed by atoms with Gasteiger partial charge in [-0.25, -0.2) is 4.68 Å². The predicted octanol–water partition coefficient (Wildman–Crippen LogP) is 0.758. The third-order valence-corrected chi connectivity index (χ3v) is 2.26. The van der Waals surface area contributed by atoms with E-state index in [4.69, 9.17) is 4.52 Å². The summed E-state index contributed by atoms with van der Waals surface area (Å²) in [4.78, 5) is 11.8. The molecule has 2 aromatic heterocycles. The summed E-state index contributed by atoms with van der Waals surface area (Å²) in [7, 11) is 1.52. The van der Waals surface area contributed by atoms with Crippen LogP contribution >= 0.6 is 0 Å². The van der Waals surface area contributed by atoms with E-state index in [9.17, 15) is 9.90 Å². The number of aromatic hydroxyl groups is 1. The van der Waals surface area contributed by atoms with E-state index >= 15 is 0 Å². The third-order valence-electron chi connectivity index (χ3n) is 2.26. The highest BCUT2D eigenvalue weighted by Gasteiger charge is 2.18. The normalized spacial score (nSPS) is 10.7. The van der Waals surface area contributed by atoms with Crippen molar-refractivity contribution >= 4 is 0 Å². The molecule has 0 aliphatic carbocycles. The van der Waals surface area contributed by atoms with E-state index in [0.29, 0.717) is 11.4 Å². The Bertz CT molecular complexity index is 598. The van der Waals surface area contributed by atoms with Crippen LogP contribution in [0.4, 0.5) is 0 Å². The Balaban J connectivity index is 2.78. The molecule has 0 saturated heterocycles. The average Bonchev–Trinajstić information content (AvgIpc) is 2.62. The molecule has 0 amide bonds. The van der Waals surface area contributed by atoms with Gasteiger partial charge in [0.1, 0.15) is 11.3 Å². The Kier molecular flexibility index (Phi) is 2.26. The van der Waals surface area contributed by atoms with Crippen LogP contribution in [0.3, 0.4) is 0 Å². The Morgan fingerprint density at radius 2 is 2.12 bits per heavy atom. The number of hydrogen-bond donors (Lipinski definition) is 1. The fourth-order valence-corrected chi connectivity index (χ4v) is 1.47. The zero-order chi connectivity index (χ0) is 11.9. The average molecular weight is 221 g/mol. The summed E-state index contributed by atoms with van der Waals surface area (Å²) in [5.74, 6) is 0.0837. The van der Waals surface area contributed by atoms with Crippen LogP contribution in [-0.4, -0.2) is 20.0 Å². The van der Waals surface area contributed by atoms with E-state index in [1.54, 1.807) is 19.9 Å². The Labute approximate surface area is 91.1 Å². The maximum Gasteiger partial charge on any atom is 0.281 e. The molecule has 0 unspecified atom stereocenters. The summed E-state index contributed by atoms with van der Waals surface area (Å²) in [5.41, 5.74) is 0.687. The number of nitrogens with zero attached hydrogens (tertiary/aromatic N) is 3. The van der Waals surface area contributed by atoms with E-state index < -0.39 is 5.56 Å². The first-order chi connectivity index (χ1) is 7.50. The van der Waals surface area contributed by atoms with Crippen molar-refractivity contribution in [3.63, 3.8) is 0 Å². The largest absolute Gasteiger partial charge is 0.505 e. The molecule has 0 radical (unpaired) electrons. The second kappa shape index (κ2) is 3.48. The summed E-state index contributed by atoms with van der Waals surface area (Å²) in [6.07, 6.45) is 0. The number of aryl methyl sites for hydroxylation is 3. The molecule has 2 rings (SSSR count). The molecule has 84 valence electrons. The van der Waals surface area contributed by atoms with E-state index in [1.807, 2.05) is 0 Å². The van der Waals surface area contributed by atoms with Crippen LogP contribution in [0.25, 0.3) is 11.3 Å². The van der Waals surface area contributed by atoms with Crippen molar-refractivity contribution in [2.45, 2.75) is 13.8 Å². The lowest BCUT2D eigenvalue weighted by Crippen LogP contribution is -2.22. The molecule has 0 atom stereocenters. The molecule has 1 N–H and O–H groups in total. The first-order valence-corrected chi connectivity index (χ1v) is 4.71. The molecule has 0 aromatic carbocycles. The lowest BCUT2D eigenvalue weighted by molar-refractivity contribution is 0.417. The van der Waals surface area contributed by atoms with E-state index in [-0.39, 0.29) is 17.1 Å². The van der Waals surface area contributed by atoms with Crippen molar-refractivity contribution in [3.8, 4) is 17.1 Å². The van der Waals surface area contributed by atoms with Gasteiger partial charge in [-0.05, 0) is 13.8 Å². The molecule has 6 nitrogen and oxygen atoms in total.